The molecule has 6 heteroatoms. The second kappa shape index (κ2) is 5.68. The summed E-state index contributed by atoms with van der Waals surface area (Å²) < 4.78 is 26.7. The van der Waals surface area contributed by atoms with Crippen LogP contribution in [0.4, 0.5) is 14.5 Å². The number of carbonyl (C=O) groups excluding carboxylic acids is 1. The van der Waals surface area contributed by atoms with Crippen molar-refractivity contribution in [3.8, 4) is 6.07 Å². The highest BCUT2D eigenvalue weighted by Gasteiger charge is 2.13. The second-order valence-corrected chi connectivity index (χ2v) is 4.32. The van der Waals surface area contributed by atoms with Gasteiger partial charge in [0, 0.05) is 10.7 Å². The summed E-state index contributed by atoms with van der Waals surface area (Å²) in [6.45, 7) is 0. The van der Waals surface area contributed by atoms with Crippen LogP contribution in [0, 0.1) is 23.0 Å². The number of carbonyl (C=O) groups is 1. The van der Waals surface area contributed by atoms with Crippen molar-refractivity contribution in [2.24, 2.45) is 0 Å². The Morgan fingerprint density at radius 2 is 1.90 bits per heavy atom. The number of nitrogens with one attached hydrogen (secondary N) is 1. The van der Waals surface area contributed by atoms with Crippen molar-refractivity contribution < 1.29 is 13.6 Å². The summed E-state index contributed by atoms with van der Waals surface area (Å²) in [5, 5.41) is 11.2. The summed E-state index contributed by atoms with van der Waals surface area (Å²) in [4.78, 5) is 11.9. The predicted molar refractivity (Wildman–Crippen MR) is 70.5 cm³/mol. The first-order valence-corrected chi connectivity index (χ1v) is 5.85. The third-order valence-corrected chi connectivity index (χ3v) is 2.76. The van der Waals surface area contributed by atoms with Crippen molar-refractivity contribution >= 4 is 23.2 Å². The van der Waals surface area contributed by atoms with E-state index in [4.69, 9.17) is 16.9 Å². The van der Waals surface area contributed by atoms with Crippen LogP contribution in [-0.2, 0) is 0 Å². The summed E-state index contributed by atoms with van der Waals surface area (Å²) in [7, 11) is 0. The highest BCUT2D eigenvalue weighted by molar-refractivity contribution is 6.30. The Bertz CT molecular complexity index is 726. The number of hydrogen-bond donors (Lipinski definition) is 1. The molecule has 1 N–H and O–H groups in total. The van der Waals surface area contributed by atoms with Crippen LogP contribution in [0.15, 0.2) is 36.4 Å². The molecular formula is C14H7ClF2N2O. The highest BCUT2D eigenvalue weighted by Crippen LogP contribution is 2.18. The molecule has 0 aliphatic heterocycles. The van der Waals surface area contributed by atoms with Crippen LogP contribution in [0.3, 0.4) is 0 Å². The first-order valence-electron chi connectivity index (χ1n) is 5.47. The minimum atomic E-state index is -0.766. The molecule has 0 unspecified atom stereocenters. The van der Waals surface area contributed by atoms with Gasteiger partial charge in [-0.25, -0.2) is 8.78 Å². The highest BCUT2D eigenvalue weighted by atomic mass is 35.5. The van der Waals surface area contributed by atoms with E-state index in [9.17, 15) is 13.6 Å². The molecule has 0 aromatic heterocycles. The van der Waals surface area contributed by atoms with E-state index < -0.39 is 17.5 Å². The van der Waals surface area contributed by atoms with Crippen LogP contribution in [-0.4, -0.2) is 5.91 Å². The molecule has 0 radical (unpaired) electrons. The van der Waals surface area contributed by atoms with Gasteiger partial charge < -0.3 is 5.32 Å². The average Bonchev–Trinajstić information content (AvgIpc) is 2.40. The van der Waals surface area contributed by atoms with E-state index in [1.54, 1.807) is 6.07 Å². The normalized spacial score (nSPS) is 9.90. The zero-order valence-corrected chi connectivity index (χ0v) is 10.7. The number of anilines is 1. The van der Waals surface area contributed by atoms with E-state index in [0.717, 1.165) is 12.1 Å². The quantitative estimate of drug-likeness (QED) is 0.916. The Morgan fingerprint density at radius 3 is 2.55 bits per heavy atom. The van der Waals surface area contributed by atoms with Gasteiger partial charge in [0.25, 0.3) is 5.91 Å². The number of hydrogen-bond acceptors (Lipinski definition) is 2. The number of nitriles is 1. The molecule has 100 valence electrons. The standard InChI is InChI=1S/C14H7ClF2N2O/c15-9-1-3-11(13(17)6-9)14(20)19-10-2-4-12(16)8(5-10)7-18/h1-6H,(H,19,20). The summed E-state index contributed by atoms with van der Waals surface area (Å²) in [6.07, 6.45) is 0. The Hall–Kier alpha value is -2.45. The zero-order chi connectivity index (χ0) is 14.7. The Labute approximate surface area is 118 Å². The van der Waals surface area contributed by atoms with Gasteiger partial charge in [-0.05, 0) is 36.4 Å². The maximum absolute atomic E-state index is 13.6. The van der Waals surface area contributed by atoms with E-state index in [-0.39, 0.29) is 21.8 Å². The number of rotatable bonds is 2. The lowest BCUT2D eigenvalue weighted by Crippen LogP contribution is -2.13. The van der Waals surface area contributed by atoms with Crippen LogP contribution >= 0.6 is 11.6 Å². The van der Waals surface area contributed by atoms with Crippen LogP contribution in [0.2, 0.25) is 5.02 Å². The summed E-state index contributed by atoms with van der Waals surface area (Å²) in [5.41, 5.74) is -0.209. The number of amides is 1. The molecule has 0 aliphatic carbocycles. The SMILES string of the molecule is N#Cc1cc(NC(=O)c2ccc(Cl)cc2F)ccc1F. The van der Waals surface area contributed by atoms with Crippen molar-refractivity contribution in [2.45, 2.75) is 0 Å². The summed E-state index contributed by atoms with van der Waals surface area (Å²) in [5.74, 6) is -2.17. The molecule has 20 heavy (non-hydrogen) atoms. The number of nitrogens with zero attached hydrogens (tertiary/aromatic N) is 1. The van der Waals surface area contributed by atoms with Gasteiger partial charge in [-0.15, -0.1) is 0 Å². The molecule has 0 aliphatic rings. The second-order valence-electron chi connectivity index (χ2n) is 3.88. The lowest BCUT2D eigenvalue weighted by atomic mass is 10.1. The fourth-order valence-electron chi connectivity index (χ4n) is 1.56. The molecule has 3 nitrogen and oxygen atoms in total. The summed E-state index contributed by atoms with van der Waals surface area (Å²) >= 11 is 5.59. The third-order valence-electron chi connectivity index (χ3n) is 2.52. The maximum Gasteiger partial charge on any atom is 0.258 e. The summed E-state index contributed by atoms with van der Waals surface area (Å²) in [6, 6.07) is 8.78. The van der Waals surface area contributed by atoms with Crippen molar-refractivity contribution in [1.82, 2.24) is 0 Å². The number of benzene rings is 2. The van der Waals surface area contributed by atoms with E-state index >= 15 is 0 Å². The zero-order valence-electron chi connectivity index (χ0n) is 9.95. The molecule has 2 rings (SSSR count). The van der Waals surface area contributed by atoms with E-state index in [2.05, 4.69) is 5.32 Å². The minimum Gasteiger partial charge on any atom is -0.322 e. The van der Waals surface area contributed by atoms with Crippen molar-refractivity contribution in [3.63, 3.8) is 0 Å². The van der Waals surface area contributed by atoms with Gasteiger partial charge in [-0.1, -0.05) is 11.6 Å². The molecule has 1 amide bonds. The molecule has 2 aromatic rings. The van der Waals surface area contributed by atoms with Gasteiger partial charge >= 0.3 is 0 Å². The fourth-order valence-corrected chi connectivity index (χ4v) is 1.72. The van der Waals surface area contributed by atoms with Gasteiger partial charge in [0.1, 0.15) is 17.7 Å². The lowest BCUT2D eigenvalue weighted by Gasteiger charge is -2.07. The van der Waals surface area contributed by atoms with E-state index in [0.29, 0.717) is 0 Å². The van der Waals surface area contributed by atoms with Crippen molar-refractivity contribution in [3.05, 3.63) is 64.2 Å². The monoisotopic (exact) mass is 292 g/mol. The Balaban J connectivity index is 2.26. The van der Waals surface area contributed by atoms with Crippen LogP contribution in [0.25, 0.3) is 0 Å². The molecule has 0 saturated carbocycles. The van der Waals surface area contributed by atoms with Crippen LogP contribution < -0.4 is 5.32 Å². The first kappa shape index (κ1) is 14.0. The Kier molecular flexibility index (Phi) is 3.97. The average molecular weight is 293 g/mol. The molecular weight excluding hydrogens is 286 g/mol. The van der Waals surface area contributed by atoms with Gasteiger partial charge in [-0.3, -0.25) is 4.79 Å². The molecule has 0 heterocycles. The molecule has 2 aromatic carbocycles. The van der Waals surface area contributed by atoms with Gasteiger partial charge in [-0.2, -0.15) is 5.26 Å². The fraction of sp³-hybridized carbons (Fsp3) is 0. The largest absolute Gasteiger partial charge is 0.322 e. The Morgan fingerprint density at radius 1 is 1.15 bits per heavy atom. The predicted octanol–water partition coefficient (Wildman–Crippen LogP) is 3.74. The smallest absolute Gasteiger partial charge is 0.258 e. The number of halogens is 3. The molecule has 0 fully saturated rings. The van der Waals surface area contributed by atoms with Gasteiger partial charge in [0.05, 0.1) is 11.1 Å². The van der Waals surface area contributed by atoms with E-state index in [1.165, 1.54) is 24.3 Å². The lowest BCUT2D eigenvalue weighted by molar-refractivity contribution is 0.102. The van der Waals surface area contributed by atoms with Crippen molar-refractivity contribution in [1.29, 1.82) is 5.26 Å². The topological polar surface area (TPSA) is 52.9 Å². The van der Waals surface area contributed by atoms with Crippen LogP contribution in [0.5, 0.6) is 0 Å². The molecule has 0 saturated heterocycles. The maximum atomic E-state index is 13.6. The molecule has 0 atom stereocenters. The molecule has 0 bridgehead atoms. The molecule has 0 spiro atoms. The minimum absolute atomic E-state index is 0.174. The van der Waals surface area contributed by atoms with Crippen LogP contribution in [0.1, 0.15) is 15.9 Å². The third kappa shape index (κ3) is 2.92. The van der Waals surface area contributed by atoms with Crippen molar-refractivity contribution in [2.75, 3.05) is 5.32 Å². The van der Waals surface area contributed by atoms with Gasteiger partial charge in [0.15, 0.2) is 0 Å². The van der Waals surface area contributed by atoms with Gasteiger partial charge in [0.2, 0.25) is 0 Å². The first-order chi connectivity index (χ1) is 9.51. The van der Waals surface area contributed by atoms with E-state index in [1.807, 2.05) is 0 Å².